The van der Waals surface area contributed by atoms with E-state index in [2.05, 4.69) is 21.0 Å². The molecule has 0 unspecified atom stereocenters. The second kappa shape index (κ2) is 10.5. The van der Waals surface area contributed by atoms with Gasteiger partial charge in [0.2, 0.25) is 5.91 Å². The van der Waals surface area contributed by atoms with Crippen molar-refractivity contribution in [2.24, 2.45) is 11.8 Å². The number of para-hydroxylation sites is 1. The van der Waals surface area contributed by atoms with Crippen molar-refractivity contribution in [3.63, 3.8) is 0 Å². The number of hydrazine groups is 1. The summed E-state index contributed by atoms with van der Waals surface area (Å²) in [4.78, 5) is 53.1. The van der Waals surface area contributed by atoms with Gasteiger partial charge in [0.25, 0.3) is 17.7 Å². The average molecular weight is 462 g/mol. The van der Waals surface area contributed by atoms with Crippen LogP contribution in [-0.4, -0.2) is 58.6 Å². The normalized spacial score (nSPS) is 16.6. The van der Waals surface area contributed by atoms with Crippen molar-refractivity contribution in [2.45, 2.75) is 32.7 Å². The topological polar surface area (TPSA) is 123 Å². The minimum atomic E-state index is -0.878. The molecule has 3 rings (SSSR count). The first-order valence-electron chi connectivity index (χ1n) is 10.6. The van der Waals surface area contributed by atoms with Crippen LogP contribution in [0, 0.1) is 11.8 Å². The Kier molecular flexibility index (Phi) is 7.74. The summed E-state index contributed by atoms with van der Waals surface area (Å²) >= 11 is 5.70. The van der Waals surface area contributed by atoms with Gasteiger partial charge >= 0.3 is 0 Å². The van der Waals surface area contributed by atoms with Crippen LogP contribution < -0.4 is 16.1 Å². The highest BCUT2D eigenvalue weighted by molar-refractivity contribution is 6.27. The van der Waals surface area contributed by atoms with Gasteiger partial charge in [-0.25, -0.2) is 0 Å². The fourth-order valence-electron chi connectivity index (χ4n) is 3.67. The molecule has 1 aliphatic heterocycles. The highest BCUT2D eigenvalue weighted by atomic mass is 35.5. The van der Waals surface area contributed by atoms with Gasteiger partial charge in [-0.3, -0.25) is 29.6 Å². The first kappa shape index (κ1) is 23.6. The molecule has 32 heavy (non-hydrogen) atoms. The van der Waals surface area contributed by atoms with Crippen molar-refractivity contribution < 1.29 is 19.2 Å². The van der Waals surface area contributed by atoms with Gasteiger partial charge in [-0.1, -0.05) is 32.0 Å². The quantitative estimate of drug-likeness (QED) is 0.351. The molecule has 4 amide bonds. The number of hydrogen-bond donors (Lipinski definition) is 4. The zero-order valence-electron chi connectivity index (χ0n) is 18.1. The second-order valence-electron chi connectivity index (χ2n) is 8.32. The third-order valence-electron chi connectivity index (χ3n) is 5.33. The minimum absolute atomic E-state index is 0.0213. The van der Waals surface area contributed by atoms with Crippen LogP contribution in [0.1, 0.15) is 37.2 Å². The lowest BCUT2D eigenvalue weighted by Gasteiger charge is -2.28. The first-order valence-corrected chi connectivity index (χ1v) is 11.1. The van der Waals surface area contributed by atoms with E-state index in [1.807, 2.05) is 38.1 Å². The standard InChI is InChI=1S/C22H28ClN5O4/c1-13(2)9-17(26-21(31)18-10-14-5-3-4-6-16(14)25-18)22(32)27-28(19(29)11-23)12-15-7-8-24-20(15)30/h3-6,10,13,15,17,25H,7-9,11-12H2,1-2H3,(H,24,30)(H,26,31)(H,27,32)/t15-,17-/m0/s1. The van der Waals surface area contributed by atoms with Crippen LogP contribution >= 0.6 is 11.6 Å². The third-order valence-corrected chi connectivity index (χ3v) is 5.56. The number of fused-ring (bicyclic) bond motifs is 1. The number of amides is 4. The Balaban J connectivity index is 1.72. The van der Waals surface area contributed by atoms with E-state index in [4.69, 9.17) is 11.6 Å². The monoisotopic (exact) mass is 461 g/mol. The molecule has 2 heterocycles. The Morgan fingerprint density at radius 3 is 2.62 bits per heavy atom. The van der Waals surface area contributed by atoms with Gasteiger partial charge < -0.3 is 15.6 Å². The van der Waals surface area contributed by atoms with E-state index in [0.29, 0.717) is 25.1 Å². The van der Waals surface area contributed by atoms with Crippen LogP contribution in [-0.2, 0) is 14.4 Å². The number of benzene rings is 1. The smallest absolute Gasteiger partial charge is 0.268 e. The maximum atomic E-state index is 13.0. The Morgan fingerprint density at radius 1 is 1.25 bits per heavy atom. The molecule has 9 nitrogen and oxygen atoms in total. The molecule has 0 bridgehead atoms. The van der Waals surface area contributed by atoms with Gasteiger partial charge in [0.05, 0.1) is 12.5 Å². The molecular formula is C22H28ClN5O4. The number of carbonyl (C=O) groups excluding carboxylic acids is 4. The molecule has 0 spiro atoms. The van der Waals surface area contributed by atoms with E-state index in [0.717, 1.165) is 15.9 Å². The van der Waals surface area contributed by atoms with Crippen molar-refractivity contribution in [2.75, 3.05) is 19.0 Å². The number of H-pyrrole nitrogens is 1. The number of halogens is 1. The number of carbonyl (C=O) groups is 4. The van der Waals surface area contributed by atoms with Crippen LogP contribution in [0.2, 0.25) is 0 Å². The number of nitrogens with one attached hydrogen (secondary N) is 4. The molecule has 1 saturated heterocycles. The summed E-state index contributed by atoms with van der Waals surface area (Å²) < 4.78 is 0. The molecule has 0 aliphatic carbocycles. The lowest BCUT2D eigenvalue weighted by Crippen LogP contribution is -2.56. The number of aromatic nitrogens is 1. The van der Waals surface area contributed by atoms with E-state index >= 15 is 0 Å². The molecule has 10 heteroatoms. The summed E-state index contributed by atoms with van der Waals surface area (Å²) in [6, 6.07) is 8.33. The third kappa shape index (κ3) is 5.79. The Bertz CT molecular complexity index is 972. The van der Waals surface area contributed by atoms with Crippen molar-refractivity contribution in [1.29, 1.82) is 0 Å². The van der Waals surface area contributed by atoms with E-state index in [1.165, 1.54) is 0 Å². The molecule has 0 saturated carbocycles. The Labute approximate surface area is 191 Å². The van der Waals surface area contributed by atoms with Gasteiger partial charge in [-0.15, -0.1) is 11.6 Å². The minimum Gasteiger partial charge on any atom is -0.356 e. The van der Waals surface area contributed by atoms with Crippen LogP contribution in [0.4, 0.5) is 0 Å². The molecule has 2 atom stereocenters. The van der Waals surface area contributed by atoms with Crippen LogP contribution in [0.15, 0.2) is 30.3 Å². The summed E-state index contributed by atoms with van der Waals surface area (Å²) in [5.74, 6) is -2.32. The Morgan fingerprint density at radius 2 is 2.00 bits per heavy atom. The van der Waals surface area contributed by atoms with Crippen LogP contribution in [0.3, 0.4) is 0 Å². The molecular weight excluding hydrogens is 434 g/mol. The van der Waals surface area contributed by atoms with Crippen LogP contribution in [0.25, 0.3) is 10.9 Å². The van der Waals surface area contributed by atoms with Crippen LogP contribution in [0.5, 0.6) is 0 Å². The zero-order chi connectivity index (χ0) is 23.3. The number of alkyl halides is 1. The SMILES string of the molecule is CC(C)C[C@H](NC(=O)c1cc2ccccc2[nH]1)C(=O)NN(C[C@@H]1CCNC1=O)C(=O)CCl. The van der Waals surface area contributed by atoms with Crippen molar-refractivity contribution in [3.8, 4) is 0 Å². The summed E-state index contributed by atoms with van der Waals surface area (Å²) in [5.41, 5.74) is 3.71. The summed E-state index contributed by atoms with van der Waals surface area (Å²) in [5, 5.41) is 7.43. The van der Waals surface area contributed by atoms with E-state index in [1.54, 1.807) is 6.07 Å². The largest absolute Gasteiger partial charge is 0.356 e. The lowest BCUT2D eigenvalue weighted by molar-refractivity contribution is -0.142. The van der Waals surface area contributed by atoms with Crippen molar-refractivity contribution in [3.05, 3.63) is 36.0 Å². The maximum absolute atomic E-state index is 13.0. The fourth-order valence-corrected chi connectivity index (χ4v) is 3.81. The summed E-state index contributed by atoms with van der Waals surface area (Å²) in [6.45, 7) is 4.41. The van der Waals surface area contributed by atoms with Gasteiger partial charge in [0, 0.05) is 17.4 Å². The van der Waals surface area contributed by atoms with E-state index in [9.17, 15) is 19.2 Å². The molecule has 1 fully saturated rings. The van der Waals surface area contributed by atoms with Crippen molar-refractivity contribution >= 4 is 46.1 Å². The molecule has 172 valence electrons. The molecule has 1 aromatic heterocycles. The van der Waals surface area contributed by atoms with E-state index in [-0.39, 0.29) is 24.2 Å². The molecule has 1 aliphatic rings. The molecule has 1 aromatic carbocycles. The highest BCUT2D eigenvalue weighted by Crippen LogP contribution is 2.16. The zero-order valence-corrected chi connectivity index (χ0v) is 18.9. The number of hydrogen-bond acceptors (Lipinski definition) is 4. The molecule has 2 aromatic rings. The molecule has 4 N–H and O–H groups in total. The number of aromatic amines is 1. The summed E-state index contributed by atoms with van der Waals surface area (Å²) in [6.07, 6.45) is 0.929. The number of rotatable bonds is 8. The number of nitrogens with zero attached hydrogens (tertiary/aromatic N) is 1. The first-order chi connectivity index (χ1) is 15.3. The van der Waals surface area contributed by atoms with Gasteiger partial charge in [0.15, 0.2) is 0 Å². The van der Waals surface area contributed by atoms with Gasteiger partial charge in [0.1, 0.15) is 17.6 Å². The Hall–Kier alpha value is -3.07. The predicted molar refractivity (Wildman–Crippen MR) is 121 cm³/mol. The summed E-state index contributed by atoms with van der Waals surface area (Å²) in [7, 11) is 0. The predicted octanol–water partition coefficient (Wildman–Crippen LogP) is 1.55. The highest BCUT2D eigenvalue weighted by Gasteiger charge is 2.31. The van der Waals surface area contributed by atoms with Gasteiger partial charge in [-0.2, -0.15) is 0 Å². The average Bonchev–Trinajstić information content (AvgIpc) is 3.37. The van der Waals surface area contributed by atoms with Crippen molar-refractivity contribution in [1.82, 2.24) is 26.1 Å². The lowest BCUT2D eigenvalue weighted by atomic mass is 10.0. The van der Waals surface area contributed by atoms with Gasteiger partial charge in [-0.05, 0) is 30.9 Å². The molecule has 0 radical (unpaired) electrons. The van der Waals surface area contributed by atoms with E-state index < -0.39 is 29.7 Å². The second-order valence-corrected chi connectivity index (χ2v) is 8.58. The fraction of sp³-hybridized carbons (Fsp3) is 0.455. The maximum Gasteiger partial charge on any atom is 0.268 e.